The standard InChI is InChI=1S/C11H16N2O3S2/c1-8-12-10(7-17-8)11-6-16-5-4-13(11)18(14,15)9-2-3-9/h7,9,11H,2-6H2,1H3. The largest absolute Gasteiger partial charge is 0.378 e. The van der Waals surface area contributed by atoms with Crippen molar-refractivity contribution in [2.75, 3.05) is 19.8 Å². The highest BCUT2D eigenvalue weighted by molar-refractivity contribution is 7.90. The molecule has 18 heavy (non-hydrogen) atoms. The molecule has 1 unspecified atom stereocenters. The second-order valence-corrected chi connectivity index (χ2v) is 7.96. The third kappa shape index (κ3) is 2.20. The summed E-state index contributed by atoms with van der Waals surface area (Å²) in [6.07, 6.45) is 1.59. The lowest BCUT2D eigenvalue weighted by atomic mass is 10.2. The van der Waals surface area contributed by atoms with Gasteiger partial charge in [0.2, 0.25) is 10.0 Å². The second kappa shape index (κ2) is 4.56. The monoisotopic (exact) mass is 288 g/mol. The molecule has 1 aromatic rings. The first-order valence-electron chi connectivity index (χ1n) is 6.09. The van der Waals surface area contributed by atoms with Crippen molar-refractivity contribution in [2.24, 2.45) is 0 Å². The molecule has 100 valence electrons. The van der Waals surface area contributed by atoms with Gasteiger partial charge in [-0.2, -0.15) is 4.31 Å². The summed E-state index contributed by atoms with van der Waals surface area (Å²) in [6.45, 7) is 3.26. The molecule has 2 heterocycles. The molecule has 1 atom stereocenters. The van der Waals surface area contributed by atoms with Crippen LogP contribution < -0.4 is 0 Å². The smallest absolute Gasteiger partial charge is 0.217 e. The van der Waals surface area contributed by atoms with Gasteiger partial charge in [0.05, 0.1) is 35.2 Å². The van der Waals surface area contributed by atoms with E-state index >= 15 is 0 Å². The Bertz CT molecular complexity index is 536. The Morgan fingerprint density at radius 1 is 1.50 bits per heavy atom. The number of sulfonamides is 1. The number of hydrogen-bond acceptors (Lipinski definition) is 5. The van der Waals surface area contributed by atoms with Gasteiger partial charge < -0.3 is 4.74 Å². The van der Waals surface area contributed by atoms with Gasteiger partial charge >= 0.3 is 0 Å². The van der Waals surface area contributed by atoms with Gasteiger partial charge in [-0.05, 0) is 19.8 Å². The van der Waals surface area contributed by atoms with Crippen molar-refractivity contribution in [3.8, 4) is 0 Å². The van der Waals surface area contributed by atoms with Gasteiger partial charge in [0.15, 0.2) is 0 Å². The first kappa shape index (κ1) is 12.5. The van der Waals surface area contributed by atoms with E-state index in [0.717, 1.165) is 23.5 Å². The van der Waals surface area contributed by atoms with Crippen molar-refractivity contribution < 1.29 is 13.2 Å². The predicted molar refractivity (Wildman–Crippen MR) is 69.1 cm³/mol. The maximum Gasteiger partial charge on any atom is 0.217 e. The van der Waals surface area contributed by atoms with Crippen molar-refractivity contribution in [3.05, 3.63) is 16.1 Å². The fraction of sp³-hybridized carbons (Fsp3) is 0.727. The molecular weight excluding hydrogens is 272 g/mol. The third-order valence-electron chi connectivity index (χ3n) is 3.33. The number of hydrogen-bond donors (Lipinski definition) is 0. The van der Waals surface area contributed by atoms with Gasteiger partial charge in [0.1, 0.15) is 0 Å². The Balaban J connectivity index is 1.90. The first-order valence-corrected chi connectivity index (χ1v) is 8.48. The summed E-state index contributed by atoms with van der Waals surface area (Å²) in [5.74, 6) is 0. The maximum atomic E-state index is 12.4. The molecule has 1 saturated carbocycles. The molecule has 0 bridgehead atoms. The topological polar surface area (TPSA) is 59.5 Å². The van der Waals surface area contributed by atoms with Crippen molar-refractivity contribution in [2.45, 2.75) is 31.1 Å². The minimum absolute atomic E-state index is 0.169. The van der Waals surface area contributed by atoms with Gasteiger partial charge in [-0.15, -0.1) is 11.3 Å². The zero-order chi connectivity index (χ0) is 12.8. The molecule has 2 aliphatic rings. The number of morpholine rings is 1. The van der Waals surface area contributed by atoms with Crippen LogP contribution in [0.25, 0.3) is 0 Å². The van der Waals surface area contributed by atoms with E-state index in [9.17, 15) is 8.42 Å². The molecule has 2 fully saturated rings. The molecule has 0 N–H and O–H groups in total. The Morgan fingerprint density at radius 2 is 2.28 bits per heavy atom. The lowest BCUT2D eigenvalue weighted by molar-refractivity contribution is 0.0307. The highest BCUT2D eigenvalue weighted by Crippen LogP contribution is 2.36. The lowest BCUT2D eigenvalue weighted by Gasteiger charge is -2.33. The summed E-state index contributed by atoms with van der Waals surface area (Å²) in [7, 11) is -3.16. The summed E-state index contributed by atoms with van der Waals surface area (Å²) >= 11 is 1.55. The van der Waals surface area contributed by atoms with Crippen molar-refractivity contribution in [3.63, 3.8) is 0 Å². The van der Waals surface area contributed by atoms with E-state index in [1.165, 1.54) is 0 Å². The second-order valence-electron chi connectivity index (χ2n) is 4.74. The van der Waals surface area contributed by atoms with Crippen molar-refractivity contribution in [1.29, 1.82) is 0 Å². The minimum Gasteiger partial charge on any atom is -0.378 e. The van der Waals surface area contributed by atoms with Crippen LogP contribution in [-0.4, -0.2) is 42.7 Å². The van der Waals surface area contributed by atoms with Crippen LogP contribution in [0.3, 0.4) is 0 Å². The van der Waals surface area contributed by atoms with E-state index in [1.54, 1.807) is 15.6 Å². The molecule has 5 nitrogen and oxygen atoms in total. The Labute approximate surface area is 111 Å². The fourth-order valence-corrected chi connectivity index (χ4v) is 4.84. The van der Waals surface area contributed by atoms with Gasteiger partial charge in [-0.25, -0.2) is 13.4 Å². The number of rotatable bonds is 3. The van der Waals surface area contributed by atoms with E-state index in [1.807, 2.05) is 12.3 Å². The Hall–Kier alpha value is -0.500. The summed E-state index contributed by atoms with van der Waals surface area (Å²) in [6, 6.07) is -0.241. The van der Waals surface area contributed by atoms with E-state index in [2.05, 4.69) is 4.98 Å². The van der Waals surface area contributed by atoms with E-state index in [-0.39, 0.29) is 11.3 Å². The molecule has 1 aliphatic heterocycles. The molecule has 1 aromatic heterocycles. The first-order chi connectivity index (χ1) is 8.59. The fourth-order valence-electron chi connectivity index (χ4n) is 2.22. The number of thiazole rings is 1. The number of aromatic nitrogens is 1. The highest BCUT2D eigenvalue weighted by Gasteiger charge is 2.44. The van der Waals surface area contributed by atoms with E-state index in [0.29, 0.717) is 19.8 Å². The average molecular weight is 288 g/mol. The van der Waals surface area contributed by atoms with Gasteiger partial charge in [0.25, 0.3) is 0 Å². The Kier molecular flexibility index (Phi) is 3.17. The van der Waals surface area contributed by atoms with E-state index < -0.39 is 10.0 Å². The summed E-state index contributed by atoms with van der Waals surface area (Å²) < 4.78 is 31.8. The molecule has 1 saturated heterocycles. The summed E-state index contributed by atoms with van der Waals surface area (Å²) in [4.78, 5) is 4.41. The van der Waals surface area contributed by atoms with Crippen LogP contribution in [0.1, 0.15) is 29.6 Å². The molecule has 3 rings (SSSR count). The minimum atomic E-state index is -3.16. The van der Waals surface area contributed by atoms with E-state index in [4.69, 9.17) is 4.74 Å². The quantitative estimate of drug-likeness (QED) is 0.841. The van der Waals surface area contributed by atoms with Crippen molar-refractivity contribution in [1.82, 2.24) is 9.29 Å². The van der Waals surface area contributed by atoms with Crippen LogP contribution >= 0.6 is 11.3 Å². The SMILES string of the molecule is Cc1nc(C2COCCN2S(=O)(=O)C2CC2)cs1. The lowest BCUT2D eigenvalue weighted by Crippen LogP contribution is -2.44. The Morgan fingerprint density at radius 3 is 2.89 bits per heavy atom. The molecule has 7 heteroatoms. The van der Waals surface area contributed by atoms with Crippen LogP contribution in [0.2, 0.25) is 0 Å². The zero-order valence-corrected chi connectivity index (χ0v) is 11.8. The van der Waals surface area contributed by atoms with Gasteiger partial charge in [-0.1, -0.05) is 0 Å². The highest BCUT2D eigenvalue weighted by atomic mass is 32.2. The van der Waals surface area contributed by atoms with Gasteiger partial charge in [0, 0.05) is 11.9 Å². The zero-order valence-electron chi connectivity index (χ0n) is 10.2. The molecule has 1 aliphatic carbocycles. The van der Waals surface area contributed by atoms with Crippen LogP contribution in [0, 0.1) is 6.92 Å². The average Bonchev–Trinajstić information content (AvgIpc) is 3.13. The normalized spacial score (nSPS) is 26.4. The summed E-state index contributed by atoms with van der Waals surface area (Å²) in [5, 5.41) is 2.72. The molecule has 0 amide bonds. The predicted octanol–water partition coefficient (Wildman–Crippen LogP) is 1.32. The number of ether oxygens (including phenoxy) is 1. The summed E-state index contributed by atoms with van der Waals surface area (Å²) in [5.41, 5.74) is 0.821. The molecular formula is C11H16N2O3S2. The van der Waals surface area contributed by atoms with Crippen LogP contribution in [0.4, 0.5) is 0 Å². The third-order valence-corrected chi connectivity index (χ3v) is 6.53. The van der Waals surface area contributed by atoms with Gasteiger partial charge in [-0.3, -0.25) is 0 Å². The molecule has 0 spiro atoms. The van der Waals surface area contributed by atoms with Crippen LogP contribution in [0.5, 0.6) is 0 Å². The van der Waals surface area contributed by atoms with Crippen LogP contribution in [0.15, 0.2) is 5.38 Å². The maximum absolute atomic E-state index is 12.4. The number of nitrogens with zero attached hydrogens (tertiary/aromatic N) is 2. The van der Waals surface area contributed by atoms with Crippen LogP contribution in [-0.2, 0) is 14.8 Å². The molecule has 0 radical (unpaired) electrons. The van der Waals surface area contributed by atoms with Crippen molar-refractivity contribution >= 4 is 21.4 Å². The molecule has 0 aromatic carbocycles. The number of aryl methyl sites for hydroxylation is 1.